The van der Waals surface area contributed by atoms with E-state index in [-0.39, 0.29) is 5.91 Å². The normalized spacial score (nSPS) is 11.1. The molecule has 2 heterocycles. The minimum absolute atomic E-state index is 0.207. The van der Waals surface area contributed by atoms with Gasteiger partial charge in [-0.1, -0.05) is 6.07 Å². The van der Waals surface area contributed by atoms with E-state index in [1.807, 2.05) is 0 Å². The second-order valence-corrected chi connectivity index (χ2v) is 5.94. The van der Waals surface area contributed by atoms with Crippen LogP contribution >= 0.6 is 0 Å². The van der Waals surface area contributed by atoms with E-state index in [0.717, 1.165) is 5.52 Å². The van der Waals surface area contributed by atoms with Gasteiger partial charge in [0, 0.05) is 24.7 Å². The molecule has 0 bridgehead atoms. The summed E-state index contributed by atoms with van der Waals surface area (Å²) < 4.78 is 12.4. The van der Waals surface area contributed by atoms with E-state index < -0.39 is 0 Å². The Balaban J connectivity index is 1.88. The smallest absolute Gasteiger partial charge is 0.253 e. The zero-order chi connectivity index (χ0) is 19.1. The molecule has 0 aliphatic heterocycles. The fourth-order valence-electron chi connectivity index (χ4n) is 3.01. The molecule has 0 fully saturated rings. The third-order valence-corrected chi connectivity index (χ3v) is 4.21. The van der Waals surface area contributed by atoms with Gasteiger partial charge in [-0.15, -0.1) is 0 Å². The number of H-pyrrole nitrogens is 1. The summed E-state index contributed by atoms with van der Waals surface area (Å²) in [6.45, 7) is 1.46. The van der Waals surface area contributed by atoms with Crippen LogP contribution in [0.2, 0.25) is 0 Å². The number of methoxy groups -OCH3 is 2. The maximum absolute atomic E-state index is 12.3. The molecule has 0 radical (unpaired) electrons. The fraction of sp³-hybridized carbons (Fsp3) is 0.167. The summed E-state index contributed by atoms with van der Waals surface area (Å²) >= 11 is 0. The van der Waals surface area contributed by atoms with Crippen molar-refractivity contribution >= 4 is 40.0 Å². The summed E-state index contributed by atoms with van der Waals surface area (Å²) in [7, 11) is 3.13. The Hall–Kier alpha value is -3.75. The van der Waals surface area contributed by atoms with Crippen LogP contribution in [0.4, 0.5) is 17.3 Å². The van der Waals surface area contributed by atoms with E-state index in [0.29, 0.717) is 40.1 Å². The first kappa shape index (κ1) is 16.7. The van der Waals surface area contributed by atoms with Crippen LogP contribution in [0.25, 0.3) is 16.8 Å². The predicted octanol–water partition coefficient (Wildman–Crippen LogP) is 2.49. The van der Waals surface area contributed by atoms with Gasteiger partial charge in [0.1, 0.15) is 0 Å². The highest BCUT2D eigenvalue weighted by molar-refractivity contribution is 5.98. The highest BCUT2D eigenvalue weighted by Crippen LogP contribution is 2.33. The lowest BCUT2D eigenvalue weighted by molar-refractivity contribution is -0.115. The number of ether oxygens (including phenoxy) is 2. The molecule has 0 saturated carbocycles. The maximum atomic E-state index is 12.3. The van der Waals surface area contributed by atoms with Crippen molar-refractivity contribution in [2.75, 3.05) is 24.9 Å². The van der Waals surface area contributed by atoms with Gasteiger partial charge in [0.2, 0.25) is 11.9 Å². The number of nitrogens with zero attached hydrogens (tertiary/aromatic N) is 4. The third-order valence-electron chi connectivity index (χ3n) is 4.21. The Morgan fingerprint density at radius 2 is 1.89 bits per heavy atom. The Morgan fingerprint density at radius 3 is 2.56 bits per heavy atom. The van der Waals surface area contributed by atoms with E-state index in [2.05, 4.69) is 15.1 Å². The predicted molar refractivity (Wildman–Crippen MR) is 102 cm³/mol. The maximum Gasteiger partial charge on any atom is 0.253 e. The van der Waals surface area contributed by atoms with Gasteiger partial charge in [0.15, 0.2) is 11.5 Å². The first-order chi connectivity index (χ1) is 13.0. The second kappa shape index (κ2) is 6.20. The Bertz CT molecular complexity index is 1160. The van der Waals surface area contributed by atoms with E-state index in [1.54, 1.807) is 55.1 Å². The van der Waals surface area contributed by atoms with Crippen LogP contribution in [0.1, 0.15) is 6.92 Å². The van der Waals surface area contributed by atoms with Crippen molar-refractivity contribution in [2.24, 2.45) is 0 Å². The van der Waals surface area contributed by atoms with Gasteiger partial charge in [-0.05, 0) is 18.2 Å². The molecule has 4 aromatic rings. The van der Waals surface area contributed by atoms with Crippen molar-refractivity contribution in [3.05, 3.63) is 36.4 Å². The topological polar surface area (TPSA) is 111 Å². The molecule has 0 aliphatic rings. The van der Waals surface area contributed by atoms with Gasteiger partial charge < -0.3 is 15.2 Å². The number of aromatic amines is 1. The molecule has 0 atom stereocenters. The van der Waals surface area contributed by atoms with Crippen molar-refractivity contribution in [2.45, 2.75) is 6.92 Å². The van der Waals surface area contributed by atoms with Crippen LogP contribution in [-0.4, -0.2) is 39.7 Å². The summed E-state index contributed by atoms with van der Waals surface area (Å²) in [5.41, 5.74) is 8.46. The molecule has 3 N–H and O–H groups in total. The van der Waals surface area contributed by atoms with Gasteiger partial charge in [-0.25, -0.2) is 14.4 Å². The minimum Gasteiger partial charge on any atom is -0.493 e. The number of nitrogens with one attached hydrogen (secondary N) is 1. The molecule has 9 nitrogen and oxygen atoms in total. The number of imidazole rings is 1. The van der Waals surface area contributed by atoms with Gasteiger partial charge in [0.05, 0.1) is 30.9 Å². The summed E-state index contributed by atoms with van der Waals surface area (Å²) in [6, 6.07) is 10.6. The highest BCUT2D eigenvalue weighted by atomic mass is 16.5. The highest BCUT2D eigenvalue weighted by Gasteiger charge is 2.21. The van der Waals surface area contributed by atoms with E-state index in [4.69, 9.17) is 15.2 Å². The average Bonchev–Trinajstić information content (AvgIpc) is 3.17. The Labute approximate surface area is 154 Å². The molecule has 9 heteroatoms. The van der Waals surface area contributed by atoms with Crippen LogP contribution in [0.5, 0.6) is 11.5 Å². The number of rotatable bonds is 4. The lowest BCUT2D eigenvalue weighted by Crippen LogP contribution is -2.24. The molecule has 0 aliphatic carbocycles. The summed E-state index contributed by atoms with van der Waals surface area (Å²) in [5.74, 6) is 1.71. The first-order valence-corrected chi connectivity index (χ1v) is 8.18. The number of amides is 1. The molecule has 0 saturated heterocycles. The van der Waals surface area contributed by atoms with Crippen LogP contribution in [-0.2, 0) is 4.79 Å². The van der Waals surface area contributed by atoms with Crippen molar-refractivity contribution in [1.82, 2.24) is 19.6 Å². The molecular weight excluding hydrogens is 348 g/mol. The molecule has 1 amide bonds. The molecular formula is C18H18N6O3. The zero-order valence-corrected chi connectivity index (χ0v) is 15.1. The Kier molecular flexibility index (Phi) is 3.84. The van der Waals surface area contributed by atoms with Crippen molar-refractivity contribution in [1.29, 1.82) is 0 Å². The van der Waals surface area contributed by atoms with Gasteiger partial charge >= 0.3 is 0 Å². The molecule has 2 aromatic heterocycles. The van der Waals surface area contributed by atoms with Crippen LogP contribution in [0, 0.1) is 0 Å². The first-order valence-electron chi connectivity index (χ1n) is 8.18. The van der Waals surface area contributed by atoms with Crippen LogP contribution in [0.3, 0.4) is 0 Å². The zero-order valence-electron chi connectivity index (χ0n) is 15.1. The largest absolute Gasteiger partial charge is 0.493 e. The monoisotopic (exact) mass is 366 g/mol. The number of carbonyl (C=O) groups is 1. The second-order valence-electron chi connectivity index (χ2n) is 5.94. The van der Waals surface area contributed by atoms with E-state index in [1.165, 1.54) is 11.8 Å². The standard InChI is InChI=1S/C18H18N6O3/c1-10(25)23(12-6-4-5-11(19)7-12)18-21-17-20-13-8-15(26-2)16(27-3)9-14(13)24(17)22-18/h4-9H,19H2,1-3H3,(H,20,21,22). The quantitative estimate of drug-likeness (QED) is 0.537. The number of carbonyl (C=O) groups excluding carboxylic acids is 1. The minimum atomic E-state index is -0.207. The van der Waals surface area contributed by atoms with Crippen molar-refractivity contribution in [3.63, 3.8) is 0 Å². The number of nitrogens with two attached hydrogens (primary N) is 1. The van der Waals surface area contributed by atoms with Gasteiger partial charge in [0.25, 0.3) is 5.78 Å². The van der Waals surface area contributed by atoms with Crippen molar-refractivity contribution < 1.29 is 14.3 Å². The van der Waals surface area contributed by atoms with Gasteiger partial charge in [-0.2, -0.15) is 4.98 Å². The fourth-order valence-corrected chi connectivity index (χ4v) is 3.01. The SMILES string of the molecule is COc1cc2nc3nc(N(C(C)=O)c4cccc(N)c4)[nH]n3c2cc1OC. The summed E-state index contributed by atoms with van der Waals surface area (Å²) in [5, 5.41) is 3.12. The van der Waals surface area contributed by atoms with Crippen molar-refractivity contribution in [3.8, 4) is 11.5 Å². The lowest BCUT2D eigenvalue weighted by atomic mass is 10.2. The number of hydrogen-bond acceptors (Lipinski definition) is 6. The average molecular weight is 366 g/mol. The molecule has 0 unspecified atom stereocenters. The number of nitrogen functional groups attached to an aromatic ring is 1. The number of aromatic nitrogens is 4. The Morgan fingerprint density at radius 1 is 1.15 bits per heavy atom. The van der Waals surface area contributed by atoms with Crippen LogP contribution < -0.4 is 20.1 Å². The van der Waals surface area contributed by atoms with E-state index in [9.17, 15) is 4.79 Å². The number of anilines is 3. The molecule has 138 valence electrons. The number of fused-ring (bicyclic) bond motifs is 3. The third kappa shape index (κ3) is 2.69. The lowest BCUT2D eigenvalue weighted by Gasteiger charge is -2.18. The molecule has 2 aromatic carbocycles. The van der Waals surface area contributed by atoms with Crippen LogP contribution in [0.15, 0.2) is 36.4 Å². The van der Waals surface area contributed by atoms with E-state index >= 15 is 0 Å². The number of hydrogen-bond donors (Lipinski definition) is 2. The summed E-state index contributed by atoms with van der Waals surface area (Å²) in [6.07, 6.45) is 0. The number of benzene rings is 2. The molecule has 4 rings (SSSR count). The molecule has 27 heavy (non-hydrogen) atoms. The van der Waals surface area contributed by atoms with Gasteiger partial charge in [-0.3, -0.25) is 9.89 Å². The molecule has 0 spiro atoms. The summed E-state index contributed by atoms with van der Waals surface area (Å²) in [4.78, 5) is 22.7.